The maximum atomic E-state index is 5.50. The molecule has 2 atom stereocenters. The molecule has 0 amide bonds. The fourth-order valence-electron chi connectivity index (χ4n) is 2.88. The SMILES string of the molecule is CNC(CN1CCCC(OC)C1)c1cccc(C)c1. The Hall–Kier alpha value is -0.900. The molecular weight excluding hydrogens is 236 g/mol. The number of piperidine rings is 1. The second-order valence-electron chi connectivity index (χ2n) is 5.51. The van der Waals surface area contributed by atoms with E-state index in [1.165, 1.54) is 30.5 Å². The van der Waals surface area contributed by atoms with Crippen molar-refractivity contribution in [3.8, 4) is 0 Å². The molecule has 1 aliphatic rings. The third kappa shape index (κ3) is 4.03. The molecular formula is C16H26N2O. The Morgan fingerprint density at radius 2 is 2.32 bits per heavy atom. The lowest BCUT2D eigenvalue weighted by atomic mass is 10.0. The number of ether oxygens (including phenoxy) is 1. The van der Waals surface area contributed by atoms with E-state index in [4.69, 9.17) is 4.74 Å². The third-order valence-corrected chi connectivity index (χ3v) is 4.03. The minimum absolute atomic E-state index is 0.399. The van der Waals surface area contributed by atoms with E-state index in [2.05, 4.69) is 41.4 Å². The molecule has 0 aromatic heterocycles. The zero-order valence-electron chi connectivity index (χ0n) is 12.4. The quantitative estimate of drug-likeness (QED) is 0.881. The van der Waals surface area contributed by atoms with Gasteiger partial charge in [0.1, 0.15) is 0 Å². The molecule has 0 spiro atoms. The lowest BCUT2D eigenvalue weighted by Gasteiger charge is -2.34. The van der Waals surface area contributed by atoms with Gasteiger partial charge in [0.25, 0.3) is 0 Å². The van der Waals surface area contributed by atoms with Gasteiger partial charge in [0.15, 0.2) is 0 Å². The van der Waals surface area contributed by atoms with Crippen LogP contribution in [0.25, 0.3) is 0 Å². The molecule has 19 heavy (non-hydrogen) atoms. The van der Waals surface area contributed by atoms with Crippen LogP contribution in [0.1, 0.15) is 30.0 Å². The molecule has 3 nitrogen and oxygen atoms in total. The van der Waals surface area contributed by atoms with Crippen LogP contribution in [0.5, 0.6) is 0 Å². The normalized spacial score (nSPS) is 22.4. The second kappa shape index (κ2) is 7.04. The monoisotopic (exact) mass is 262 g/mol. The van der Waals surface area contributed by atoms with Crippen molar-refractivity contribution in [1.82, 2.24) is 10.2 Å². The van der Waals surface area contributed by atoms with E-state index >= 15 is 0 Å². The van der Waals surface area contributed by atoms with Gasteiger partial charge >= 0.3 is 0 Å². The van der Waals surface area contributed by atoms with Crippen LogP contribution in [0.4, 0.5) is 0 Å². The first kappa shape index (κ1) is 14.5. The van der Waals surface area contributed by atoms with Crippen molar-refractivity contribution >= 4 is 0 Å². The highest BCUT2D eigenvalue weighted by Gasteiger charge is 2.22. The molecule has 2 rings (SSSR count). The number of nitrogens with one attached hydrogen (secondary N) is 1. The zero-order chi connectivity index (χ0) is 13.7. The van der Waals surface area contributed by atoms with Crippen molar-refractivity contribution in [2.45, 2.75) is 31.9 Å². The van der Waals surface area contributed by atoms with Gasteiger partial charge in [-0.25, -0.2) is 0 Å². The van der Waals surface area contributed by atoms with Gasteiger partial charge in [-0.1, -0.05) is 29.8 Å². The van der Waals surface area contributed by atoms with Gasteiger partial charge in [0, 0.05) is 26.2 Å². The molecule has 3 heteroatoms. The van der Waals surface area contributed by atoms with Gasteiger partial charge in [-0.15, -0.1) is 0 Å². The molecule has 0 radical (unpaired) electrons. The van der Waals surface area contributed by atoms with Gasteiger partial charge in [0.2, 0.25) is 0 Å². The van der Waals surface area contributed by atoms with E-state index in [9.17, 15) is 0 Å². The molecule has 1 fully saturated rings. The van der Waals surface area contributed by atoms with Gasteiger partial charge in [0.05, 0.1) is 6.10 Å². The van der Waals surface area contributed by atoms with Crippen LogP contribution in [0.15, 0.2) is 24.3 Å². The predicted octanol–water partition coefficient (Wildman–Crippen LogP) is 2.37. The molecule has 1 saturated heterocycles. The van der Waals surface area contributed by atoms with Gasteiger partial charge < -0.3 is 10.1 Å². The van der Waals surface area contributed by atoms with E-state index in [0.717, 1.165) is 13.1 Å². The summed E-state index contributed by atoms with van der Waals surface area (Å²) >= 11 is 0. The van der Waals surface area contributed by atoms with E-state index in [1.54, 1.807) is 0 Å². The first-order valence-electron chi connectivity index (χ1n) is 7.22. The third-order valence-electron chi connectivity index (χ3n) is 4.03. The second-order valence-corrected chi connectivity index (χ2v) is 5.51. The Morgan fingerprint density at radius 3 is 3.00 bits per heavy atom. The van der Waals surface area contributed by atoms with Crippen LogP contribution in [0, 0.1) is 6.92 Å². The molecule has 1 N–H and O–H groups in total. The molecule has 1 aliphatic heterocycles. The average molecular weight is 262 g/mol. The molecule has 1 heterocycles. The highest BCUT2D eigenvalue weighted by Crippen LogP contribution is 2.19. The number of nitrogens with zero attached hydrogens (tertiary/aromatic N) is 1. The number of hydrogen-bond acceptors (Lipinski definition) is 3. The van der Waals surface area contributed by atoms with E-state index in [0.29, 0.717) is 12.1 Å². The number of likely N-dealkylation sites (tertiary alicyclic amines) is 1. The summed E-state index contributed by atoms with van der Waals surface area (Å²) in [6.45, 7) is 5.45. The largest absolute Gasteiger partial charge is 0.380 e. The highest BCUT2D eigenvalue weighted by molar-refractivity contribution is 5.25. The minimum Gasteiger partial charge on any atom is -0.380 e. The van der Waals surface area contributed by atoms with E-state index in [1.807, 2.05) is 14.2 Å². The summed E-state index contributed by atoms with van der Waals surface area (Å²) in [6, 6.07) is 9.18. The van der Waals surface area contributed by atoms with Crippen molar-refractivity contribution in [3.63, 3.8) is 0 Å². The molecule has 2 unspecified atom stereocenters. The van der Waals surface area contributed by atoms with Crippen molar-refractivity contribution < 1.29 is 4.74 Å². The summed E-state index contributed by atoms with van der Waals surface area (Å²) in [6.07, 6.45) is 2.84. The van der Waals surface area contributed by atoms with Crippen LogP contribution >= 0.6 is 0 Å². The Bertz CT molecular complexity index is 394. The van der Waals surface area contributed by atoms with Crippen molar-refractivity contribution in [3.05, 3.63) is 35.4 Å². The van der Waals surface area contributed by atoms with Crippen LogP contribution < -0.4 is 5.32 Å². The Balaban J connectivity index is 1.99. The number of aryl methyl sites for hydroxylation is 1. The lowest BCUT2D eigenvalue weighted by molar-refractivity contribution is 0.0283. The molecule has 106 valence electrons. The van der Waals surface area contributed by atoms with Crippen molar-refractivity contribution in [2.24, 2.45) is 0 Å². The molecule has 0 saturated carbocycles. The summed E-state index contributed by atoms with van der Waals surface area (Å²) in [5.74, 6) is 0. The summed E-state index contributed by atoms with van der Waals surface area (Å²) in [5, 5.41) is 3.44. The fraction of sp³-hybridized carbons (Fsp3) is 0.625. The van der Waals surface area contributed by atoms with Gasteiger partial charge in [-0.2, -0.15) is 0 Å². The van der Waals surface area contributed by atoms with Gasteiger partial charge in [-0.3, -0.25) is 4.90 Å². The van der Waals surface area contributed by atoms with Crippen molar-refractivity contribution in [2.75, 3.05) is 33.8 Å². The summed E-state index contributed by atoms with van der Waals surface area (Å²) in [5.41, 5.74) is 2.70. The zero-order valence-corrected chi connectivity index (χ0v) is 12.4. The average Bonchev–Trinajstić information content (AvgIpc) is 2.45. The standard InChI is InChI=1S/C16H26N2O/c1-13-6-4-7-14(10-13)16(17-2)12-18-9-5-8-15(11-18)19-3/h4,6-7,10,15-17H,5,8-9,11-12H2,1-3H3. The first-order valence-corrected chi connectivity index (χ1v) is 7.22. The number of hydrogen-bond donors (Lipinski definition) is 1. The maximum absolute atomic E-state index is 5.50. The summed E-state index contributed by atoms with van der Waals surface area (Å²) in [4.78, 5) is 2.52. The molecule has 0 aliphatic carbocycles. The van der Waals surface area contributed by atoms with Crippen LogP contribution in [0.3, 0.4) is 0 Å². The smallest absolute Gasteiger partial charge is 0.0698 e. The summed E-state index contributed by atoms with van der Waals surface area (Å²) in [7, 11) is 3.87. The Labute approximate surface area is 116 Å². The van der Waals surface area contributed by atoms with Gasteiger partial charge in [-0.05, 0) is 38.9 Å². The molecule has 0 bridgehead atoms. The van der Waals surface area contributed by atoms with Crippen LogP contribution in [-0.2, 0) is 4.74 Å². The first-order chi connectivity index (χ1) is 9.22. The van der Waals surface area contributed by atoms with E-state index in [-0.39, 0.29) is 0 Å². The lowest BCUT2D eigenvalue weighted by Crippen LogP contribution is -2.43. The molecule has 1 aromatic rings. The highest BCUT2D eigenvalue weighted by atomic mass is 16.5. The maximum Gasteiger partial charge on any atom is 0.0698 e. The summed E-state index contributed by atoms with van der Waals surface area (Å²) < 4.78 is 5.50. The number of benzene rings is 1. The van der Waals surface area contributed by atoms with Crippen molar-refractivity contribution in [1.29, 1.82) is 0 Å². The minimum atomic E-state index is 0.399. The number of methoxy groups -OCH3 is 1. The number of rotatable bonds is 5. The topological polar surface area (TPSA) is 24.5 Å². The molecule has 1 aromatic carbocycles. The predicted molar refractivity (Wildman–Crippen MR) is 79.5 cm³/mol. The van der Waals surface area contributed by atoms with Crippen LogP contribution in [-0.4, -0.2) is 44.8 Å². The van der Waals surface area contributed by atoms with Crippen LogP contribution in [0.2, 0.25) is 0 Å². The fourth-order valence-corrected chi connectivity index (χ4v) is 2.88. The Kier molecular flexibility index (Phi) is 5.37. The number of likely N-dealkylation sites (N-methyl/N-ethyl adjacent to an activating group) is 1. The van der Waals surface area contributed by atoms with E-state index < -0.39 is 0 Å². The Morgan fingerprint density at radius 1 is 1.47 bits per heavy atom.